The van der Waals surface area contributed by atoms with E-state index in [9.17, 15) is 4.79 Å². The predicted molar refractivity (Wildman–Crippen MR) is 85.9 cm³/mol. The van der Waals surface area contributed by atoms with Gasteiger partial charge in [-0.15, -0.1) is 12.4 Å². The van der Waals surface area contributed by atoms with Gasteiger partial charge in [0.1, 0.15) is 6.10 Å². The van der Waals surface area contributed by atoms with Crippen LogP contribution in [0, 0.1) is 0 Å². The zero-order valence-electron chi connectivity index (χ0n) is 12.9. The predicted octanol–water partition coefficient (Wildman–Crippen LogP) is 1.12. The standard InChI is InChI=1S/C15H22N2O4.ClH/c1-3-20-13-8-11(4-5-12(13)19-2)9-17-15(18)14-10-16-6-7-21-14;/h4-5,8,14,16H,3,6-7,9-10H2,1-2H3,(H,17,18);1H. The van der Waals surface area contributed by atoms with Crippen molar-refractivity contribution in [2.24, 2.45) is 0 Å². The van der Waals surface area contributed by atoms with Crippen LogP contribution in [-0.2, 0) is 16.1 Å². The van der Waals surface area contributed by atoms with E-state index >= 15 is 0 Å². The van der Waals surface area contributed by atoms with Crippen molar-refractivity contribution in [3.05, 3.63) is 23.8 Å². The van der Waals surface area contributed by atoms with Gasteiger partial charge in [-0.1, -0.05) is 6.07 Å². The quantitative estimate of drug-likeness (QED) is 0.818. The van der Waals surface area contributed by atoms with Crippen LogP contribution in [0.4, 0.5) is 0 Å². The lowest BCUT2D eigenvalue weighted by Gasteiger charge is -2.22. The third-order valence-electron chi connectivity index (χ3n) is 3.21. The average Bonchev–Trinajstić information content (AvgIpc) is 2.54. The summed E-state index contributed by atoms with van der Waals surface area (Å²) >= 11 is 0. The van der Waals surface area contributed by atoms with E-state index in [1.165, 1.54) is 0 Å². The highest BCUT2D eigenvalue weighted by Gasteiger charge is 2.21. The van der Waals surface area contributed by atoms with E-state index in [0.717, 1.165) is 12.1 Å². The molecule has 1 amide bonds. The molecule has 124 valence electrons. The van der Waals surface area contributed by atoms with E-state index < -0.39 is 6.10 Å². The molecule has 1 fully saturated rings. The fourth-order valence-corrected chi connectivity index (χ4v) is 2.14. The normalized spacial score (nSPS) is 17.3. The van der Waals surface area contributed by atoms with E-state index in [1.807, 2.05) is 25.1 Å². The Kier molecular flexibility index (Phi) is 8.01. The molecule has 1 aliphatic heterocycles. The summed E-state index contributed by atoms with van der Waals surface area (Å²) in [6.07, 6.45) is -0.414. The largest absolute Gasteiger partial charge is 0.493 e. The number of ether oxygens (including phenoxy) is 3. The molecular formula is C15H23ClN2O4. The van der Waals surface area contributed by atoms with Crippen LogP contribution in [-0.4, -0.2) is 45.4 Å². The first-order chi connectivity index (χ1) is 10.2. The average molecular weight is 331 g/mol. The van der Waals surface area contributed by atoms with Crippen LogP contribution in [0.2, 0.25) is 0 Å². The molecule has 1 aromatic rings. The maximum atomic E-state index is 12.0. The molecule has 1 saturated heterocycles. The Hall–Kier alpha value is -1.50. The Bertz CT molecular complexity index is 479. The maximum absolute atomic E-state index is 12.0. The molecule has 0 saturated carbocycles. The topological polar surface area (TPSA) is 68.8 Å². The van der Waals surface area contributed by atoms with E-state index in [4.69, 9.17) is 14.2 Å². The van der Waals surface area contributed by atoms with Crippen LogP contribution in [0.25, 0.3) is 0 Å². The summed E-state index contributed by atoms with van der Waals surface area (Å²) in [6, 6.07) is 5.62. The molecule has 0 radical (unpaired) electrons. The van der Waals surface area contributed by atoms with E-state index in [1.54, 1.807) is 7.11 Å². The summed E-state index contributed by atoms with van der Waals surface area (Å²) in [6.45, 7) is 4.82. The Morgan fingerprint density at radius 1 is 1.45 bits per heavy atom. The van der Waals surface area contributed by atoms with Gasteiger partial charge in [-0.3, -0.25) is 4.79 Å². The number of hydrogen-bond acceptors (Lipinski definition) is 5. The third-order valence-corrected chi connectivity index (χ3v) is 3.21. The minimum Gasteiger partial charge on any atom is -0.493 e. The van der Waals surface area contributed by atoms with Gasteiger partial charge in [0.05, 0.1) is 20.3 Å². The molecule has 2 rings (SSSR count). The van der Waals surface area contributed by atoms with Crippen molar-refractivity contribution >= 4 is 18.3 Å². The number of methoxy groups -OCH3 is 1. The Balaban J connectivity index is 0.00000242. The molecule has 2 N–H and O–H groups in total. The smallest absolute Gasteiger partial charge is 0.250 e. The molecule has 22 heavy (non-hydrogen) atoms. The van der Waals surface area contributed by atoms with E-state index in [-0.39, 0.29) is 18.3 Å². The van der Waals surface area contributed by atoms with Gasteiger partial charge in [-0.05, 0) is 24.6 Å². The number of benzene rings is 1. The van der Waals surface area contributed by atoms with Gasteiger partial charge in [0.25, 0.3) is 5.91 Å². The molecule has 0 bridgehead atoms. The van der Waals surface area contributed by atoms with Crippen LogP contribution >= 0.6 is 12.4 Å². The van der Waals surface area contributed by atoms with Gasteiger partial charge in [0, 0.05) is 19.6 Å². The first-order valence-electron chi connectivity index (χ1n) is 7.14. The zero-order chi connectivity index (χ0) is 15.1. The summed E-state index contributed by atoms with van der Waals surface area (Å²) in [5, 5.41) is 6.01. The lowest BCUT2D eigenvalue weighted by atomic mass is 10.2. The second-order valence-corrected chi connectivity index (χ2v) is 4.70. The molecule has 1 unspecified atom stereocenters. The van der Waals surface area contributed by atoms with Crippen molar-refractivity contribution in [3.8, 4) is 11.5 Å². The second-order valence-electron chi connectivity index (χ2n) is 4.70. The Labute approximate surface area is 136 Å². The van der Waals surface area contributed by atoms with Gasteiger partial charge < -0.3 is 24.8 Å². The lowest BCUT2D eigenvalue weighted by Crippen LogP contribution is -2.47. The van der Waals surface area contributed by atoms with Gasteiger partial charge in [-0.25, -0.2) is 0 Å². The third kappa shape index (κ3) is 5.05. The zero-order valence-corrected chi connectivity index (χ0v) is 13.7. The van der Waals surface area contributed by atoms with E-state index in [2.05, 4.69) is 10.6 Å². The molecule has 6 nitrogen and oxygen atoms in total. The number of amides is 1. The highest BCUT2D eigenvalue weighted by atomic mass is 35.5. The molecule has 7 heteroatoms. The molecule has 0 aliphatic carbocycles. The van der Waals surface area contributed by atoms with Crippen LogP contribution in [0.1, 0.15) is 12.5 Å². The highest BCUT2D eigenvalue weighted by Crippen LogP contribution is 2.27. The first kappa shape index (κ1) is 18.5. The molecule has 1 heterocycles. The van der Waals surface area contributed by atoms with E-state index in [0.29, 0.717) is 37.8 Å². The number of halogens is 1. The van der Waals surface area contributed by atoms with Crippen LogP contribution in [0.5, 0.6) is 11.5 Å². The second kappa shape index (κ2) is 9.50. The van der Waals surface area contributed by atoms with Gasteiger partial charge in [-0.2, -0.15) is 0 Å². The van der Waals surface area contributed by atoms with Crippen molar-refractivity contribution < 1.29 is 19.0 Å². The van der Waals surface area contributed by atoms with Crippen molar-refractivity contribution in [2.75, 3.05) is 33.4 Å². The number of hydrogen-bond donors (Lipinski definition) is 2. The fraction of sp³-hybridized carbons (Fsp3) is 0.533. The Morgan fingerprint density at radius 3 is 2.91 bits per heavy atom. The highest BCUT2D eigenvalue weighted by molar-refractivity contribution is 5.85. The molecular weight excluding hydrogens is 308 g/mol. The van der Waals surface area contributed by atoms with Crippen molar-refractivity contribution in [1.82, 2.24) is 10.6 Å². The summed E-state index contributed by atoms with van der Waals surface area (Å²) in [7, 11) is 1.60. The molecule has 0 aromatic heterocycles. The summed E-state index contributed by atoms with van der Waals surface area (Å²) < 4.78 is 16.2. The molecule has 1 aromatic carbocycles. The number of nitrogens with one attached hydrogen (secondary N) is 2. The number of carbonyl (C=O) groups excluding carboxylic acids is 1. The number of rotatable bonds is 6. The number of carbonyl (C=O) groups is 1. The Morgan fingerprint density at radius 2 is 2.27 bits per heavy atom. The molecule has 0 spiro atoms. The minimum absolute atomic E-state index is 0. The fourth-order valence-electron chi connectivity index (χ4n) is 2.14. The summed E-state index contributed by atoms with van der Waals surface area (Å²) in [5.41, 5.74) is 0.955. The molecule has 1 aliphatic rings. The van der Waals surface area contributed by atoms with Gasteiger partial charge in [0.2, 0.25) is 0 Å². The van der Waals surface area contributed by atoms with Gasteiger partial charge in [0.15, 0.2) is 11.5 Å². The van der Waals surface area contributed by atoms with Crippen LogP contribution < -0.4 is 20.1 Å². The maximum Gasteiger partial charge on any atom is 0.250 e. The lowest BCUT2D eigenvalue weighted by molar-refractivity contribution is -0.134. The number of morpholine rings is 1. The van der Waals surface area contributed by atoms with Gasteiger partial charge >= 0.3 is 0 Å². The summed E-state index contributed by atoms with van der Waals surface area (Å²) in [4.78, 5) is 12.0. The minimum atomic E-state index is -0.414. The molecule has 1 atom stereocenters. The first-order valence-corrected chi connectivity index (χ1v) is 7.14. The SMILES string of the molecule is CCOc1cc(CNC(=O)C2CNCCO2)ccc1OC.Cl. The van der Waals surface area contributed by atoms with Crippen LogP contribution in [0.3, 0.4) is 0 Å². The van der Waals surface area contributed by atoms with Crippen molar-refractivity contribution in [3.63, 3.8) is 0 Å². The summed E-state index contributed by atoms with van der Waals surface area (Å²) in [5.74, 6) is 1.27. The van der Waals surface area contributed by atoms with Crippen molar-refractivity contribution in [1.29, 1.82) is 0 Å². The van der Waals surface area contributed by atoms with Crippen LogP contribution in [0.15, 0.2) is 18.2 Å². The monoisotopic (exact) mass is 330 g/mol. The van der Waals surface area contributed by atoms with Crippen molar-refractivity contribution in [2.45, 2.75) is 19.6 Å².